The molecule has 0 radical (unpaired) electrons. The third kappa shape index (κ3) is 3.53. The van der Waals surface area contributed by atoms with E-state index in [-0.39, 0.29) is 12.5 Å². The van der Waals surface area contributed by atoms with Crippen LogP contribution in [-0.2, 0) is 4.79 Å². The first-order valence-corrected chi connectivity index (χ1v) is 5.39. The van der Waals surface area contributed by atoms with Crippen LogP contribution in [0.15, 0.2) is 22.7 Å². The highest BCUT2D eigenvalue weighted by Crippen LogP contribution is 2.28. The molecule has 0 aromatic heterocycles. The topological polar surface area (TPSA) is 64.3 Å². The molecule has 0 spiro atoms. The Morgan fingerprint density at radius 2 is 2.33 bits per heavy atom. The number of anilines is 1. The molecule has 1 aromatic rings. The van der Waals surface area contributed by atoms with Crippen molar-refractivity contribution in [2.45, 2.75) is 6.92 Å². The van der Waals surface area contributed by atoms with Crippen LogP contribution in [0.1, 0.15) is 6.92 Å². The first kappa shape index (κ1) is 12.0. The highest BCUT2D eigenvalue weighted by molar-refractivity contribution is 9.10. The second-order valence-corrected chi connectivity index (χ2v) is 3.74. The van der Waals surface area contributed by atoms with Gasteiger partial charge in [0.05, 0.1) is 18.8 Å². The standard InChI is InChI=1S/C10H13BrN2O2/c1-2-15-9-5-7(11)3-4-8(9)13-10(14)6-12/h3-5H,2,6,12H2,1H3,(H,13,14). The molecule has 5 heteroatoms. The molecular weight excluding hydrogens is 260 g/mol. The Hall–Kier alpha value is -1.07. The van der Waals surface area contributed by atoms with Crippen LogP contribution in [0.25, 0.3) is 0 Å². The van der Waals surface area contributed by atoms with Crippen molar-refractivity contribution in [1.29, 1.82) is 0 Å². The zero-order valence-corrected chi connectivity index (χ0v) is 10.0. The van der Waals surface area contributed by atoms with Crippen molar-refractivity contribution in [2.24, 2.45) is 5.73 Å². The summed E-state index contributed by atoms with van der Waals surface area (Å²) in [5, 5.41) is 2.66. The summed E-state index contributed by atoms with van der Waals surface area (Å²) in [6, 6.07) is 5.40. The predicted octanol–water partition coefficient (Wildman–Crippen LogP) is 1.74. The lowest BCUT2D eigenvalue weighted by atomic mass is 10.3. The molecular formula is C10H13BrN2O2. The van der Waals surface area contributed by atoms with Crippen LogP contribution in [0.4, 0.5) is 5.69 Å². The quantitative estimate of drug-likeness (QED) is 0.878. The number of benzene rings is 1. The molecule has 82 valence electrons. The summed E-state index contributed by atoms with van der Waals surface area (Å²) in [6.45, 7) is 2.39. The molecule has 3 N–H and O–H groups in total. The lowest BCUT2D eigenvalue weighted by Crippen LogP contribution is -2.22. The Kier molecular flexibility index (Phi) is 4.58. The van der Waals surface area contributed by atoms with Crippen molar-refractivity contribution >= 4 is 27.5 Å². The van der Waals surface area contributed by atoms with Gasteiger partial charge in [0, 0.05) is 4.47 Å². The van der Waals surface area contributed by atoms with Crippen LogP contribution in [0.3, 0.4) is 0 Å². The normalized spacial score (nSPS) is 9.80. The molecule has 0 aliphatic heterocycles. The molecule has 0 saturated carbocycles. The van der Waals surface area contributed by atoms with Crippen molar-refractivity contribution in [3.8, 4) is 5.75 Å². The maximum atomic E-state index is 11.1. The first-order chi connectivity index (χ1) is 7.17. The minimum Gasteiger partial charge on any atom is -0.492 e. The maximum absolute atomic E-state index is 11.1. The minimum atomic E-state index is -0.238. The summed E-state index contributed by atoms with van der Waals surface area (Å²) < 4.78 is 6.28. The predicted molar refractivity (Wildman–Crippen MR) is 63.0 cm³/mol. The molecule has 0 saturated heterocycles. The van der Waals surface area contributed by atoms with Crippen molar-refractivity contribution in [3.05, 3.63) is 22.7 Å². The molecule has 0 heterocycles. The van der Waals surface area contributed by atoms with Crippen molar-refractivity contribution in [2.75, 3.05) is 18.5 Å². The summed E-state index contributed by atoms with van der Waals surface area (Å²) in [6.07, 6.45) is 0. The van der Waals surface area contributed by atoms with Gasteiger partial charge in [0.2, 0.25) is 5.91 Å². The van der Waals surface area contributed by atoms with Crippen LogP contribution in [-0.4, -0.2) is 19.1 Å². The first-order valence-electron chi connectivity index (χ1n) is 4.59. The van der Waals surface area contributed by atoms with Crippen LogP contribution < -0.4 is 15.8 Å². The van der Waals surface area contributed by atoms with Gasteiger partial charge in [-0.3, -0.25) is 4.79 Å². The van der Waals surface area contributed by atoms with E-state index in [1.165, 1.54) is 0 Å². The molecule has 0 fully saturated rings. The number of hydrogen-bond donors (Lipinski definition) is 2. The molecule has 4 nitrogen and oxygen atoms in total. The molecule has 0 unspecified atom stereocenters. The second kappa shape index (κ2) is 5.72. The monoisotopic (exact) mass is 272 g/mol. The summed E-state index contributed by atoms with van der Waals surface area (Å²) in [5.74, 6) is 0.395. The molecule has 1 aromatic carbocycles. The average Bonchev–Trinajstić information content (AvgIpc) is 2.22. The van der Waals surface area contributed by atoms with Crippen LogP contribution in [0.5, 0.6) is 5.75 Å². The van der Waals surface area contributed by atoms with E-state index in [0.29, 0.717) is 18.0 Å². The average molecular weight is 273 g/mol. The Labute approximate surface area is 96.9 Å². The Morgan fingerprint density at radius 1 is 1.60 bits per heavy atom. The maximum Gasteiger partial charge on any atom is 0.238 e. The Balaban J connectivity index is 2.89. The number of ether oxygens (including phenoxy) is 1. The van der Waals surface area contributed by atoms with Crippen molar-refractivity contribution in [1.82, 2.24) is 0 Å². The number of halogens is 1. The zero-order chi connectivity index (χ0) is 11.3. The molecule has 0 aliphatic rings. The van der Waals surface area contributed by atoms with Gasteiger partial charge in [-0.1, -0.05) is 15.9 Å². The van der Waals surface area contributed by atoms with E-state index in [1.54, 1.807) is 12.1 Å². The number of carbonyl (C=O) groups is 1. The Morgan fingerprint density at radius 3 is 2.93 bits per heavy atom. The van der Waals surface area contributed by atoms with Gasteiger partial charge in [0.15, 0.2) is 0 Å². The van der Waals surface area contributed by atoms with Gasteiger partial charge in [-0.2, -0.15) is 0 Å². The van der Waals surface area contributed by atoms with E-state index in [4.69, 9.17) is 10.5 Å². The van der Waals surface area contributed by atoms with E-state index >= 15 is 0 Å². The fourth-order valence-electron chi connectivity index (χ4n) is 1.08. The van der Waals surface area contributed by atoms with Gasteiger partial charge in [-0.25, -0.2) is 0 Å². The van der Waals surface area contributed by atoms with Gasteiger partial charge in [-0.05, 0) is 25.1 Å². The molecule has 1 rings (SSSR count). The SMILES string of the molecule is CCOc1cc(Br)ccc1NC(=O)CN. The van der Waals surface area contributed by atoms with Crippen molar-refractivity contribution < 1.29 is 9.53 Å². The fraction of sp³-hybridized carbons (Fsp3) is 0.300. The molecule has 15 heavy (non-hydrogen) atoms. The van der Waals surface area contributed by atoms with E-state index in [2.05, 4.69) is 21.2 Å². The van der Waals surface area contributed by atoms with Crippen LogP contribution in [0, 0.1) is 0 Å². The highest BCUT2D eigenvalue weighted by atomic mass is 79.9. The lowest BCUT2D eigenvalue weighted by Gasteiger charge is -2.11. The summed E-state index contributed by atoms with van der Waals surface area (Å²) in [4.78, 5) is 11.1. The van der Waals surface area contributed by atoms with Crippen LogP contribution >= 0.6 is 15.9 Å². The molecule has 0 bridgehead atoms. The van der Waals surface area contributed by atoms with Gasteiger partial charge in [0.1, 0.15) is 5.75 Å². The largest absolute Gasteiger partial charge is 0.492 e. The van der Waals surface area contributed by atoms with Gasteiger partial charge < -0.3 is 15.8 Å². The smallest absolute Gasteiger partial charge is 0.238 e. The minimum absolute atomic E-state index is 0.0401. The molecule has 0 aliphatic carbocycles. The zero-order valence-electron chi connectivity index (χ0n) is 8.42. The van der Waals surface area contributed by atoms with E-state index < -0.39 is 0 Å². The lowest BCUT2D eigenvalue weighted by molar-refractivity contribution is -0.114. The van der Waals surface area contributed by atoms with Gasteiger partial charge >= 0.3 is 0 Å². The highest BCUT2D eigenvalue weighted by Gasteiger charge is 2.06. The number of amides is 1. The number of nitrogens with two attached hydrogens (primary N) is 1. The van der Waals surface area contributed by atoms with E-state index in [9.17, 15) is 4.79 Å². The van der Waals surface area contributed by atoms with Gasteiger partial charge in [-0.15, -0.1) is 0 Å². The summed E-state index contributed by atoms with van der Waals surface area (Å²) in [5.41, 5.74) is 5.85. The number of hydrogen-bond acceptors (Lipinski definition) is 3. The fourth-order valence-corrected chi connectivity index (χ4v) is 1.42. The molecule has 1 amide bonds. The van der Waals surface area contributed by atoms with Crippen molar-refractivity contribution in [3.63, 3.8) is 0 Å². The summed E-state index contributed by atoms with van der Waals surface area (Å²) >= 11 is 3.33. The van der Waals surface area contributed by atoms with Gasteiger partial charge in [0.25, 0.3) is 0 Å². The van der Waals surface area contributed by atoms with Crippen LogP contribution in [0.2, 0.25) is 0 Å². The second-order valence-electron chi connectivity index (χ2n) is 2.83. The third-order valence-electron chi connectivity index (χ3n) is 1.70. The van der Waals surface area contributed by atoms with E-state index in [0.717, 1.165) is 4.47 Å². The van der Waals surface area contributed by atoms with E-state index in [1.807, 2.05) is 13.0 Å². The third-order valence-corrected chi connectivity index (χ3v) is 2.20. The summed E-state index contributed by atoms with van der Waals surface area (Å²) in [7, 11) is 0. The molecule has 0 atom stereocenters. The number of nitrogens with one attached hydrogen (secondary N) is 1. The number of carbonyl (C=O) groups excluding carboxylic acids is 1. The number of rotatable bonds is 4. The Bertz CT molecular complexity index is 355.